The van der Waals surface area contributed by atoms with E-state index in [1.807, 2.05) is 33.8 Å². The molecule has 2 fully saturated rings. The van der Waals surface area contributed by atoms with Crippen molar-refractivity contribution < 1.29 is 4.79 Å². The summed E-state index contributed by atoms with van der Waals surface area (Å²) < 4.78 is 1.86. The minimum Gasteiger partial charge on any atom is -0.338 e. The Kier molecular flexibility index (Phi) is 5.30. The average Bonchev–Trinajstić information content (AvgIpc) is 3.34. The Morgan fingerprint density at radius 2 is 1.81 bits per heavy atom. The van der Waals surface area contributed by atoms with E-state index in [2.05, 4.69) is 29.1 Å². The van der Waals surface area contributed by atoms with Crippen molar-refractivity contribution >= 4 is 17.5 Å². The van der Waals surface area contributed by atoms with Crippen LogP contribution < -0.4 is 0 Å². The van der Waals surface area contributed by atoms with Gasteiger partial charge in [-0.05, 0) is 55.9 Å². The number of benzene rings is 1. The summed E-state index contributed by atoms with van der Waals surface area (Å²) in [5.41, 5.74) is 2.51. The second-order valence-corrected chi connectivity index (χ2v) is 9.34. The van der Waals surface area contributed by atoms with Crippen LogP contribution in [0.3, 0.4) is 0 Å². The number of H-pyrrole nitrogens is 1. The standard InChI is InChI=1S/C23H27ClN6O/c1-14(2)20-19(13-25-30(20)18-7-5-17(24)6-8-18)23(31)29-11-9-16(10-12-29)22-26-21(27-28-22)15-3-4-15/h5-8,13-16H,3-4,9-12H2,1-2H3,(H,26,27,28). The smallest absolute Gasteiger partial charge is 0.257 e. The Labute approximate surface area is 186 Å². The number of aromatic amines is 1. The normalized spacial score (nSPS) is 17.5. The molecule has 31 heavy (non-hydrogen) atoms. The summed E-state index contributed by atoms with van der Waals surface area (Å²) in [4.78, 5) is 20.0. The zero-order valence-corrected chi connectivity index (χ0v) is 18.6. The van der Waals surface area contributed by atoms with Crippen molar-refractivity contribution in [1.29, 1.82) is 0 Å². The number of carbonyl (C=O) groups is 1. The molecule has 1 saturated heterocycles. The first kappa shape index (κ1) is 20.2. The van der Waals surface area contributed by atoms with Gasteiger partial charge < -0.3 is 4.90 Å². The summed E-state index contributed by atoms with van der Waals surface area (Å²) in [5, 5.41) is 12.7. The van der Waals surface area contributed by atoms with Crippen molar-refractivity contribution in [2.45, 2.75) is 57.3 Å². The van der Waals surface area contributed by atoms with Crippen LogP contribution in [0.2, 0.25) is 5.02 Å². The minimum atomic E-state index is 0.0543. The van der Waals surface area contributed by atoms with Crippen LogP contribution in [0, 0.1) is 0 Å². The molecular weight excluding hydrogens is 412 g/mol. The number of hydrogen-bond acceptors (Lipinski definition) is 4. The van der Waals surface area contributed by atoms with E-state index in [1.54, 1.807) is 6.20 Å². The highest BCUT2D eigenvalue weighted by molar-refractivity contribution is 6.30. The van der Waals surface area contributed by atoms with E-state index in [0.29, 0.717) is 35.5 Å². The van der Waals surface area contributed by atoms with Gasteiger partial charge in [-0.1, -0.05) is 25.4 Å². The van der Waals surface area contributed by atoms with Crippen LogP contribution in [0.5, 0.6) is 0 Å². The molecule has 0 bridgehead atoms. The average molecular weight is 439 g/mol. The van der Waals surface area contributed by atoms with E-state index >= 15 is 0 Å². The molecule has 8 heteroatoms. The Morgan fingerprint density at radius 3 is 2.45 bits per heavy atom. The van der Waals surface area contributed by atoms with Gasteiger partial charge in [0.05, 0.1) is 23.1 Å². The molecule has 162 valence electrons. The number of piperidine rings is 1. The Bertz CT molecular complexity index is 1070. The maximum Gasteiger partial charge on any atom is 0.257 e. The van der Waals surface area contributed by atoms with Gasteiger partial charge in [0.15, 0.2) is 5.82 Å². The summed E-state index contributed by atoms with van der Waals surface area (Å²) in [6.07, 6.45) is 5.90. The first-order valence-electron chi connectivity index (χ1n) is 11.1. The maximum atomic E-state index is 13.4. The molecule has 0 radical (unpaired) electrons. The first-order valence-corrected chi connectivity index (χ1v) is 11.4. The number of halogens is 1. The number of carbonyl (C=O) groups excluding carboxylic acids is 1. The van der Waals surface area contributed by atoms with Gasteiger partial charge in [-0.15, -0.1) is 0 Å². The van der Waals surface area contributed by atoms with E-state index in [4.69, 9.17) is 16.6 Å². The summed E-state index contributed by atoms with van der Waals surface area (Å²) in [5.74, 6) is 3.05. The number of hydrogen-bond donors (Lipinski definition) is 1. The van der Waals surface area contributed by atoms with E-state index in [-0.39, 0.29) is 11.8 Å². The number of rotatable bonds is 5. The van der Waals surface area contributed by atoms with E-state index in [1.165, 1.54) is 12.8 Å². The molecule has 5 rings (SSSR count). The van der Waals surface area contributed by atoms with Crippen LogP contribution in [-0.2, 0) is 0 Å². The lowest BCUT2D eigenvalue weighted by molar-refractivity contribution is 0.0709. The van der Waals surface area contributed by atoms with Gasteiger partial charge in [0.2, 0.25) is 0 Å². The summed E-state index contributed by atoms with van der Waals surface area (Å²) in [6, 6.07) is 7.53. The molecule has 1 saturated carbocycles. The molecule has 1 N–H and O–H groups in total. The molecule has 1 aliphatic heterocycles. The molecule has 1 amide bonds. The molecule has 7 nitrogen and oxygen atoms in total. The van der Waals surface area contributed by atoms with Crippen molar-refractivity contribution in [2.75, 3.05) is 13.1 Å². The summed E-state index contributed by atoms with van der Waals surface area (Å²) in [7, 11) is 0. The molecule has 0 atom stereocenters. The lowest BCUT2D eigenvalue weighted by atomic mass is 9.95. The molecule has 2 aliphatic rings. The third-order valence-electron chi connectivity index (χ3n) is 6.29. The lowest BCUT2D eigenvalue weighted by Crippen LogP contribution is -2.38. The zero-order chi connectivity index (χ0) is 21.5. The molecule has 0 unspecified atom stereocenters. The van der Waals surface area contributed by atoms with Crippen molar-refractivity contribution in [2.24, 2.45) is 0 Å². The van der Waals surface area contributed by atoms with Crippen LogP contribution in [0.1, 0.15) is 85.0 Å². The van der Waals surface area contributed by atoms with Crippen molar-refractivity contribution in [3.05, 3.63) is 58.4 Å². The minimum absolute atomic E-state index is 0.0543. The molecule has 2 aromatic heterocycles. The van der Waals surface area contributed by atoms with E-state index in [9.17, 15) is 4.79 Å². The van der Waals surface area contributed by atoms with Crippen molar-refractivity contribution in [1.82, 2.24) is 29.9 Å². The highest BCUT2D eigenvalue weighted by Crippen LogP contribution is 2.38. The van der Waals surface area contributed by atoms with Crippen LogP contribution in [0.15, 0.2) is 30.5 Å². The first-order chi connectivity index (χ1) is 15.0. The van der Waals surface area contributed by atoms with E-state index < -0.39 is 0 Å². The quantitative estimate of drug-likeness (QED) is 0.628. The molecule has 0 spiro atoms. The van der Waals surface area contributed by atoms with Crippen LogP contribution in [0.25, 0.3) is 5.69 Å². The number of aromatic nitrogens is 5. The number of nitrogens with one attached hydrogen (secondary N) is 1. The highest BCUT2D eigenvalue weighted by atomic mass is 35.5. The predicted octanol–water partition coefficient (Wildman–Crippen LogP) is 4.66. The topological polar surface area (TPSA) is 79.7 Å². The Morgan fingerprint density at radius 1 is 1.10 bits per heavy atom. The lowest BCUT2D eigenvalue weighted by Gasteiger charge is -2.31. The fraction of sp³-hybridized carbons (Fsp3) is 0.478. The summed E-state index contributed by atoms with van der Waals surface area (Å²) >= 11 is 6.03. The van der Waals surface area contributed by atoms with Gasteiger partial charge >= 0.3 is 0 Å². The Balaban J connectivity index is 1.31. The number of nitrogens with zero attached hydrogens (tertiary/aromatic N) is 5. The molecule has 3 aromatic rings. The van der Waals surface area contributed by atoms with Gasteiger partial charge in [0.1, 0.15) is 5.82 Å². The van der Waals surface area contributed by atoms with Gasteiger partial charge in [0.25, 0.3) is 5.91 Å². The van der Waals surface area contributed by atoms with Crippen LogP contribution >= 0.6 is 11.6 Å². The van der Waals surface area contributed by atoms with Crippen molar-refractivity contribution in [3.63, 3.8) is 0 Å². The fourth-order valence-corrected chi connectivity index (χ4v) is 4.51. The van der Waals surface area contributed by atoms with Crippen LogP contribution in [-0.4, -0.2) is 48.9 Å². The second-order valence-electron chi connectivity index (χ2n) is 8.91. The van der Waals surface area contributed by atoms with Gasteiger partial charge in [-0.25, -0.2) is 9.67 Å². The molecule has 1 aliphatic carbocycles. The predicted molar refractivity (Wildman–Crippen MR) is 119 cm³/mol. The zero-order valence-electron chi connectivity index (χ0n) is 17.9. The Hall–Kier alpha value is -2.67. The van der Waals surface area contributed by atoms with Gasteiger partial charge in [-0.3, -0.25) is 9.89 Å². The summed E-state index contributed by atoms with van der Waals surface area (Å²) in [6.45, 7) is 5.61. The number of likely N-dealkylation sites (tertiary alicyclic amines) is 1. The third kappa shape index (κ3) is 3.99. The fourth-order valence-electron chi connectivity index (χ4n) is 4.39. The van der Waals surface area contributed by atoms with Crippen LogP contribution in [0.4, 0.5) is 0 Å². The maximum absolute atomic E-state index is 13.4. The number of amides is 1. The largest absolute Gasteiger partial charge is 0.338 e. The van der Waals surface area contributed by atoms with Crippen molar-refractivity contribution in [3.8, 4) is 5.69 Å². The second kappa shape index (κ2) is 8.11. The van der Waals surface area contributed by atoms with Gasteiger partial charge in [-0.2, -0.15) is 10.2 Å². The van der Waals surface area contributed by atoms with Gasteiger partial charge in [0, 0.05) is 29.9 Å². The van der Waals surface area contributed by atoms with E-state index in [0.717, 1.165) is 35.9 Å². The SMILES string of the molecule is CC(C)c1c(C(=O)N2CCC(c3nc(C4CC4)n[nH]3)CC2)cnn1-c1ccc(Cl)cc1. The molecule has 1 aromatic carbocycles. The third-order valence-corrected chi connectivity index (χ3v) is 6.54. The molecular formula is C23H27ClN6O. The monoisotopic (exact) mass is 438 g/mol. The molecule has 3 heterocycles. The highest BCUT2D eigenvalue weighted by Gasteiger charge is 2.32.